The molecule has 33 nitrogen and oxygen atoms in total. The minimum atomic E-state index is -1.88. The number of aliphatic hydroxyl groups excluding tert-OH is 3. The van der Waals surface area contributed by atoms with Crippen molar-refractivity contribution >= 4 is 87.8 Å². The third kappa shape index (κ3) is 23.9. The highest BCUT2D eigenvalue weighted by Gasteiger charge is 2.42. The van der Waals surface area contributed by atoms with E-state index in [1.807, 2.05) is 0 Å². The molecule has 0 unspecified atom stereocenters. The van der Waals surface area contributed by atoms with Crippen molar-refractivity contribution in [1.82, 2.24) is 57.7 Å². The van der Waals surface area contributed by atoms with Crippen molar-refractivity contribution in [2.45, 2.75) is 158 Å². The van der Waals surface area contributed by atoms with E-state index in [1.54, 1.807) is 68.4 Å². The molecule has 5 aromatic rings. The second-order valence-electron chi connectivity index (χ2n) is 24.9. The third-order valence-corrected chi connectivity index (χ3v) is 16.5. The van der Waals surface area contributed by atoms with Crippen LogP contribution < -0.4 is 59.3 Å². The predicted octanol–water partition coefficient (Wildman–Crippen LogP) is -3.23. The average Bonchev–Trinajstić information content (AvgIpc) is 1.74. The summed E-state index contributed by atoms with van der Waals surface area (Å²) in [5, 5.41) is 93.8. The molecule has 1 saturated heterocycles. The topological polar surface area (TPSA) is 543 Å². The lowest BCUT2D eigenvalue weighted by Crippen LogP contribution is -2.62. The Morgan fingerprint density at radius 3 is 1.55 bits per heavy atom. The first kappa shape index (κ1) is 79.0. The highest BCUT2D eigenvalue weighted by atomic mass is 16.4. The Hall–Kier alpha value is -11.0. The van der Waals surface area contributed by atoms with Gasteiger partial charge in [0.05, 0.1) is 31.8 Å². The van der Waals surface area contributed by atoms with Crippen LogP contribution in [0.25, 0.3) is 10.9 Å². The number of aliphatic hydroxyl groups is 3. The van der Waals surface area contributed by atoms with Crippen molar-refractivity contribution in [3.8, 4) is 11.5 Å². The number of para-hydroxylation sites is 1. The fraction of sp³-hybridized carbons (Fsp3) is 0.426. The maximum atomic E-state index is 14.8. The number of nitrogens with two attached hydrogens (primary N) is 2. The number of aromatic nitrogens is 1. The quantitative estimate of drug-likeness (QED) is 0.0185. The number of likely N-dealkylation sites (tertiary alicyclic amines) is 1. The van der Waals surface area contributed by atoms with E-state index in [0.29, 0.717) is 27.6 Å². The molecule has 11 amide bonds. The summed E-state index contributed by atoms with van der Waals surface area (Å²) in [6.45, 7) is 2.16. The molecular weight excluding hydrogens is 1320 g/mol. The van der Waals surface area contributed by atoms with Crippen LogP contribution in [0.2, 0.25) is 0 Å². The van der Waals surface area contributed by atoms with E-state index in [9.17, 15) is 98.1 Å². The number of primary amides is 1. The number of nitrogens with one attached hydrogen (secondary N) is 10. The van der Waals surface area contributed by atoms with Gasteiger partial charge in [-0.3, -0.25) is 57.5 Å². The molecule has 0 bridgehead atoms. The van der Waals surface area contributed by atoms with E-state index in [0.717, 1.165) is 17.4 Å². The smallest absolute Gasteiger partial charge is 0.326 e. The molecule has 101 heavy (non-hydrogen) atoms. The molecule has 0 saturated carbocycles. The second kappa shape index (κ2) is 37.8. The molecule has 0 aliphatic carbocycles. The van der Waals surface area contributed by atoms with Gasteiger partial charge in [0.15, 0.2) is 0 Å². The lowest BCUT2D eigenvalue weighted by molar-refractivity contribution is -0.144. The van der Waals surface area contributed by atoms with Crippen LogP contribution in [0.4, 0.5) is 0 Å². The maximum absolute atomic E-state index is 14.8. The van der Waals surface area contributed by atoms with Crippen LogP contribution in [0.5, 0.6) is 11.5 Å². The zero-order chi connectivity index (χ0) is 74.2. The van der Waals surface area contributed by atoms with Gasteiger partial charge < -0.3 is 105 Å². The van der Waals surface area contributed by atoms with Crippen LogP contribution in [-0.2, 0) is 88.0 Å². The lowest BCUT2D eigenvalue weighted by atomic mass is 10.0. The fourth-order valence-corrected chi connectivity index (χ4v) is 11.2. The standard InChI is InChI=1S/C68H87N13O20/c1-35(2)26-51(68(100)101)77-62(94)50(31-55(70)87)76-59(91)46(23-24-56(88)89)72-61(93)49(30-40-32-71-45-13-8-7-12-43(40)45)75-60(92)47(28-38-15-19-41(85)20-16-38)74-64(96)52(33-82)78-65(97)54-14-9-25-81(54)67(99)53(34-83)79-66(98)57(36(3)84)80-63(95)48(29-39-17-21-42(86)22-18-39)73-58(90)44(69)27-37-10-5-4-6-11-37/h4-8,10-13,15-22,32,35-36,44,46-54,57,71,82-86H,9,14,23-31,33-34,69H2,1-3H3,(H2,70,87)(H,72,93)(H,73,90)(H,74,96)(H,75,92)(H,76,91)(H,77,94)(H,78,97)(H,79,98)(H,80,95)(H,88,89)(H,100,101)/t36-,44+,46+,47+,48+,49+,50+,51+,52+,53+,54+,57+/m1/s1. The highest BCUT2D eigenvalue weighted by molar-refractivity contribution is 6.00. The van der Waals surface area contributed by atoms with Gasteiger partial charge in [-0.2, -0.15) is 0 Å². The molecule has 0 spiro atoms. The van der Waals surface area contributed by atoms with E-state index in [1.165, 1.54) is 54.7 Å². The van der Waals surface area contributed by atoms with Gasteiger partial charge in [-0.25, -0.2) is 4.79 Å². The first-order chi connectivity index (χ1) is 47.9. The summed E-state index contributed by atoms with van der Waals surface area (Å²) in [6, 6.07) is 8.47. The number of phenols is 2. The van der Waals surface area contributed by atoms with Gasteiger partial charge in [-0.05, 0) is 97.5 Å². The average molecular weight is 1410 g/mol. The molecule has 33 heteroatoms. The first-order valence-electron chi connectivity index (χ1n) is 32.5. The molecule has 0 radical (unpaired) electrons. The SMILES string of the molecule is CC(C)C[C@H](NC(=O)[C@H](CC(N)=O)NC(=O)[C@H](CCC(=O)O)NC(=O)[C@H](Cc1c[nH]c2ccccc12)NC(=O)[C@H](Cc1ccc(O)cc1)NC(=O)[C@H](CO)NC(=O)[C@@H]1CCCN1C(=O)[C@H](CO)NC(=O)[C@@H](NC(=O)[C@H](Cc1ccc(O)cc1)NC(=O)[C@@H](N)Cc1ccccc1)[C@@H](C)O)C(=O)O. The number of nitrogens with zero attached hydrogens (tertiary/aromatic N) is 1. The van der Waals surface area contributed by atoms with Crippen LogP contribution in [0.3, 0.4) is 0 Å². The van der Waals surface area contributed by atoms with Crippen LogP contribution in [0.15, 0.2) is 109 Å². The predicted molar refractivity (Wildman–Crippen MR) is 359 cm³/mol. The minimum Gasteiger partial charge on any atom is -0.508 e. The monoisotopic (exact) mass is 1410 g/mol. The molecule has 2 heterocycles. The lowest BCUT2D eigenvalue weighted by Gasteiger charge is -2.31. The normalized spacial score (nSPS) is 16.0. The Morgan fingerprint density at radius 2 is 1.01 bits per heavy atom. The number of H-pyrrole nitrogens is 1. The number of carboxylic acid groups (broad SMARTS) is 2. The molecule has 544 valence electrons. The Bertz CT molecular complexity index is 3740. The zero-order valence-corrected chi connectivity index (χ0v) is 55.6. The number of aromatic amines is 1. The number of carboxylic acids is 2. The molecule has 12 atom stereocenters. The highest BCUT2D eigenvalue weighted by Crippen LogP contribution is 2.22. The van der Waals surface area contributed by atoms with Gasteiger partial charge in [0.25, 0.3) is 0 Å². The van der Waals surface area contributed by atoms with Crippen molar-refractivity contribution in [3.05, 3.63) is 132 Å². The van der Waals surface area contributed by atoms with Gasteiger partial charge in [-0.15, -0.1) is 0 Å². The number of carbonyl (C=O) groups is 13. The van der Waals surface area contributed by atoms with E-state index >= 15 is 0 Å². The first-order valence-corrected chi connectivity index (χ1v) is 32.5. The number of amides is 11. The number of phenolic OH excluding ortho intramolecular Hbond substituents is 2. The largest absolute Gasteiger partial charge is 0.508 e. The second-order valence-corrected chi connectivity index (χ2v) is 24.9. The Morgan fingerprint density at radius 1 is 0.535 bits per heavy atom. The number of fused-ring (bicyclic) bond motifs is 1. The molecule has 1 aliphatic heterocycles. The zero-order valence-electron chi connectivity index (χ0n) is 55.6. The van der Waals surface area contributed by atoms with Gasteiger partial charge in [0.1, 0.15) is 71.9 Å². The van der Waals surface area contributed by atoms with Crippen molar-refractivity contribution in [2.24, 2.45) is 17.4 Å². The van der Waals surface area contributed by atoms with E-state index in [-0.39, 0.29) is 62.5 Å². The van der Waals surface area contributed by atoms with Crippen LogP contribution in [0.1, 0.15) is 81.5 Å². The van der Waals surface area contributed by atoms with Crippen molar-refractivity contribution in [2.75, 3.05) is 19.8 Å². The maximum Gasteiger partial charge on any atom is 0.326 e. The Kier molecular flexibility index (Phi) is 29.5. The van der Waals surface area contributed by atoms with Crippen LogP contribution in [-0.4, -0.2) is 215 Å². The molecule has 1 aliphatic rings. The van der Waals surface area contributed by atoms with Crippen molar-refractivity contribution in [1.29, 1.82) is 0 Å². The number of hydrogen-bond donors (Lipinski definition) is 19. The Balaban J connectivity index is 1.19. The molecule has 6 rings (SSSR count). The molecule has 1 fully saturated rings. The minimum absolute atomic E-state index is 0.0571. The van der Waals surface area contributed by atoms with Crippen LogP contribution in [0, 0.1) is 5.92 Å². The third-order valence-electron chi connectivity index (χ3n) is 16.5. The van der Waals surface area contributed by atoms with Gasteiger partial charge in [-0.1, -0.05) is 86.6 Å². The van der Waals surface area contributed by atoms with Gasteiger partial charge in [0.2, 0.25) is 65.0 Å². The van der Waals surface area contributed by atoms with Crippen LogP contribution >= 0.6 is 0 Å². The van der Waals surface area contributed by atoms with Gasteiger partial charge in [0, 0.05) is 49.3 Å². The van der Waals surface area contributed by atoms with Crippen molar-refractivity contribution in [3.63, 3.8) is 0 Å². The summed E-state index contributed by atoms with van der Waals surface area (Å²) in [5.74, 6) is -15.3. The summed E-state index contributed by atoms with van der Waals surface area (Å²) in [5.41, 5.74) is 14.1. The Labute approximate surface area is 579 Å². The summed E-state index contributed by atoms with van der Waals surface area (Å²) in [6.07, 6.45) is -3.26. The fourth-order valence-electron chi connectivity index (χ4n) is 11.2. The molecule has 1 aromatic heterocycles. The summed E-state index contributed by atoms with van der Waals surface area (Å²) >= 11 is 0. The van der Waals surface area contributed by atoms with Crippen molar-refractivity contribution < 1.29 is 98.1 Å². The number of aromatic hydroxyl groups is 2. The number of hydrogen-bond acceptors (Lipinski definition) is 19. The summed E-state index contributed by atoms with van der Waals surface area (Å²) in [4.78, 5) is 182. The van der Waals surface area contributed by atoms with E-state index in [4.69, 9.17) is 11.5 Å². The number of rotatable bonds is 38. The number of benzene rings is 4. The van der Waals surface area contributed by atoms with E-state index in [2.05, 4.69) is 52.8 Å². The summed E-state index contributed by atoms with van der Waals surface area (Å²) in [7, 11) is 0. The molecular formula is C68H87N13O20. The molecule has 21 N–H and O–H groups in total. The molecule has 4 aromatic carbocycles. The van der Waals surface area contributed by atoms with E-state index < -0.39 is 188 Å². The number of aliphatic carboxylic acids is 2. The van der Waals surface area contributed by atoms with Gasteiger partial charge >= 0.3 is 11.9 Å². The summed E-state index contributed by atoms with van der Waals surface area (Å²) < 4.78 is 0. The number of carbonyl (C=O) groups excluding carboxylic acids is 11.